The first-order chi connectivity index (χ1) is 28.3. The highest BCUT2D eigenvalue weighted by atomic mass is 31.2. The maximum Gasteiger partial charge on any atom is 0.472 e. The number of phosphoric acid groups is 1. The zero-order valence-electron chi connectivity index (χ0n) is 36.2. The summed E-state index contributed by atoms with van der Waals surface area (Å²) in [6.45, 7) is 3.51. The first kappa shape index (κ1) is 54.9. The van der Waals surface area contributed by atoms with E-state index in [0.29, 0.717) is 12.8 Å². The Kier molecular flexibility index (Phi) is 41.2. The molecule has 58 heavy (non-hydrogen) atoms. The van der Waals surface area contributed by atoms with E-state index >= 15 is 0 Å². The maximum absolute atomic E-state index is 12.6. The first-order valence-corrected chi connectivity index (χ1v) is 23.7. The van der Waals surface area contributed by atoms with Crippen molar-refractivity contribution in [2.24, 2.45) is 5.73 Å². The third-order valence-electron chi connectivity index (χ3n) is 8.70. The van der Waals surface area contributed by atoms with Crippen molar-refractivity contribution in [3.8, 4) is 0 Å². The Labute approximate surface area is 353 Å². The molecule has 0 aromatic carbocycles. The number of carbonyl (C=O) groups is 2. The van der Waals surface area contributed by atoms with Gasteiger partial charge in [-0.05, 0) is 96.3 Å². The number of hydrogen-bond donors (Lipinski definition) is 2. The van der Waals surface area contributed by atoms with Crippen molar-refractivity contribution in [3.05, 3.63) is 97.2 Å². The number of esters is 2. The molecule has 0 bridgehead atoms. The van der Waals surface area contributed by atoms with E-state index in [2.05, 4.69) is 111 Å². The van der Waals surface area contributed by atoms with Crippen LogP contribution >= 0.6 is 7.82 Å². The molecule has 10 heteroatoms. The van der Waals surface area contributed by atoms with E-state index < -0.39 is 32.5 Å². The number of ether oxygens (including phenoxy) is 2. The van der Waals surface area contributed by atoms with Gasteiger partial charge in [0.25, 0.3) is 0 Å². The molecule has 0 aromatic heterocycles. The number of phosphoric ester groups is 1. The van der Waals surface area contributed by atoms with Gasteiger partial charge < -0.3 is 20.1 Å². The Hall–Kier alpha value is -3.07. The van der Waals surface area contributed by atoms with Crippen LogP contribution < -0.4 is 5.73 Å². The van der Waals surface area contributed by atoms with Gasteiger partial charge in [-0.25, -0.2) is 4.57 Å². The van der Waals surface area contributed by atoms with Crippen LogP contribution in [0.15, 0.2) is 97.2 Å². The standard InChI is InChI=1S/C48H80NO8P/c1-3-5-7-9-11-13-15-17-19-21-22-23-24-25-27-29-31-33-35-37-39-41-48(51)57-46(45-56-58(52,53)55-43-42-49)44-54-47(50)40-38-36-34-32-30-28-26-20-18-16-14-12-10-8-6-4-2/h5,7,11,13-14,16-17,19-20,22-23,25-27,31,33,46H,3-4,6,8-10,12,15,18,21,24,28-30,32,34-45,49H2,1-2H3,(H,52,53)/b7-5-,13-11-,16-14-,19-17-,23-22-,26-20-,27-25-,33-31-. The molecule has 0 aromatic rings. The van der Waals surface area contributed by atoms with Gasteiger partial charge in [0.1, 0.15) is 6.61 Å². The number of allylic oxidation sites excluding steroid dienone is 16. The molecule has 0 fully saturated rings. The van der Waals surface area contributed by atoms with Crippen LogP contribution in [0.5, 0.6) is 0 Å². The lowest BCUT2D eigenvalue weighted by atomic mass is 10.1. The number of hydrogen-bond acceptors (Lipinski definition) is 8. The van der Waals surface area contributed by atoms with Crippen LogP contribution in [0.1, 0.15) is 162 Å². The average Bonchev–Trinajstić information content (AvgIpc) is 3.21. The molecule has 2 atom stereocenters. The molecule has 0 aliphatic heterocycles. The number of nitrogens with two attached hydrogens (primary N) is 1. The minimum absolute atomic E-state index is 0.0384. The van der Waals surface area contributed by atoms with Gasteiger partial charge in [-0.1, -0.05) is 150 Å². The summed E-state index contributed by atoms with van der Waals surface area (Å²) in [5.74, 6) is -0.905. The Morgan fingerprint density at radius 2 is 0.948 bits per heavy atom. The third-order valence-corrected chi connectivity index (χ3v) is 9.69. The average molecular weight is 830 g/mol. The van der Waals surface area contributed by atoms with Crippen molar-refractivity contribution in [1.29, 1.82) is 0 Å². The van der Waals surface area contributed by atoms with E-state index in [0.717, 1.165) is 89.9 Å². The summed E-state index contributed by atoms with van der Waals surface area (Å²) in [7, 11) is -4.40. The van der Waals surface area contributed by atoms with Crippen LogP contribution in [0.25, 0.3) is 0 Å². The van der Waals surface area contributed by atoms with Crippen molar-refractivity contribution in [2.75, 3.05) is 26.4 Å². The third kappa shape index (κ3) is 42.5. The van der Waals surface area contributed by atoms with E-state index in [4.69, 9.17) is 24.3 Å². The quantitative estimate of drug-likeness (QED) is 0.0268. The van der Waals surface area contributed by atoms with Gasteiger partial charge in [-0.15, -0.1) is 0 Å². The number of rotatable bonds is 40. The van der Waals surface area contributed by atoms with Crippen LogP contribution in [0.3, 0.4) is 0 Å². The highest BCUT2D eigenvalue weighted by molar-refractivity contribution is 7.47. The SMILES string of the molecule is CC/C=C\C/C=C\C/C=C\C/C=C\C/C=C\C/C=C\CCCCC(=O)OC(COC(=O)CCCCCCC/C=C\C/C=C\CCCCCC)COP(=O)(O)OCCN. The smallest absolute Gasteiger partial charge is 0.462 e. The summed E-state index contributed by atoms with van der Waals surface area (Å²) in [4.78, 5) is 34.9. The molecular formula is C48H80NO8P. The molecule has 0 heterocycles. The van der Waals surface area contributed by atoms with Gasteiger partial charge in [0.2, 0.25) is 0 Å². The van der Waals surface area contributed by atoms with E-state index in [1.54, 1.807) is 0 Å². The zero-order chi connectivity index (χ0) is 42.5. The summed E-state index contributed by atoms with van der Waals surface area (Å²) >= 11 is 0. The Balaban J connectivity index is 4.29. The molecule has 0 spiro atoms. The summed E-state index contributed by atoms with van der Waals surface area (Å²) in [6.07, 6.45) is 55.8. The van der Waals surface area contributed by atoms with Crippen molar-refractivity contribution in [1.82, 2.24) is 0 Å². The minimum Gasteiger partial charge on any atom is -0.462 e. The van der Waals surface area contributed by atoms with E-state index in [9.17, 15) is 19.0 Å². The van der Waals surface area contributed by atoms with Gasteiger partial charge in [-0.2, -0.15) is 0 Å². The molecular weight excluding hydrogens is 750 g/mol. The molecule has 0 rings (SSSR count). The number of carbonyl (C=O) groups excluding carboxylic acids is 2. The van der Waals surface area contributed by atoms with E-state index in [1.165, 1.54) is 32.1 Å². The van der Waals surface area contributed by atoms with E-state index in [-0.39, 0.29) is 32.6 Å². The lowest BCUT2D eigenvalue weighted by Crippen LogP contribution is -2.29. The Morgan fingerprint density at radius 1 is 0.534 bits per heavy atom. The molecule has 9 nitrogen and oxygen atoms in total. The second-order valence-corrected chi connectivity index (χ2v) is 15.6. The fourth-order valence-corrected chi connectivity index (χ4v) is 6.20. The summed E-state index contributed by atoms with van der Waals surface area (Å²) in [6, 6.07) is 0. The van der Waals surface area contributed by atoms with Crippen molar-refractivity contribution in [3.63, 3.8) is 0 Å². The van der Waals surface area contributed by atoms with Crippen molar-refractivity contribution < 1.29 is 37.6 Å². The highest BCUT2D eigenvalue weighted by Crippen LogP contribution is 2.43. The van der Waals surface area contributed by atoms with E-state index in [1.807, 2.05) is 0 Å². The topological polar surface area (TPSA) is 134 Å². The van der Waals surface area contributed by atoms with Crippen molar-refractivity contribution in [2.45, 2.75) is 168 Å². The summed E-state index contributed by atoms with van der Waals surface area (Å²) in [5, 5.41) is 0. The molecule has 3 N–H and O–H groups in total. The van der Waals surface area contributed by atoms with Gasteiger partial charge in [0.15, 0.2) is 6.10 Å². The predicted octanol–water partition coefficient (Wildman–Crippen LogP) is 13.0. The molecule has 0 amide bonds. The lowest BCUT2D eigenvalue weighted by Gasteiger charge is -2.19. The van der Waals surface area contributed by atoms with Crippen molar-refractivity contribution >= 4 is 19.8 Å². The second-order valence-electron chi connectivity index (χ2n) is 14.2. The summed E-state index contributed by atoms with van der Waals surface area (Å²) < 4.78 is 32.7. The largest absolute Gasteiger partial charge is 0.472 e. The molecule has 0 saturated heterocycles. The number of unbranched alkanes of at least 4 members (excludes halogenated alkanes) is 11. The molecule has 2 unspecified atom stereocenters. The van der Waals surface area contributed by atoms with Crippen LogP contribution in [0.4, 0.5) is 0 Å². The van der Waals surface area contributed by atoms with Gasteiger partial charge in [-0.3, -0.25) is 18.6 Å². The maximum atomic E-state index is 12.6. The zero-order valence-corrected chi connectivity index (χ0v) is 37.1. The van der Waals surface area contributed by atoms with Crippen LogP contribution in [0, 0.1) is 0 Å². The fourth-order valence-electron chi connectivity index (χ4n) is 5.43. The molecule has 330 valence electrons. The highest BCUT2D eigenvalue weighted by Gasteiger charge is 2.25. The Bertz CT molecular complexity index is 1270. The van der Waals surface area contributed by atoms with Gasteiger partial charge in [0, 0.05) is 19.4 Å². The van der Waals surface area contributed by atoms with Crippen LogP contribution in [0.2, 0.25) is 0 Å². The monoisotopic (exact) mass is 830 g/mol. The fraction of sp³-hybridized carbons (Fsp3) is 0.625. The Morgan fingerprint density at radius 3 is 1.45 bits per heavy atom. The molecule has 0 aliphatic carbocycles. The predicted molar refractivity (Wildman–Crippen MR) is 242 cm³/mol. The first-order valence-electron chi connectivity index (χ1n) is 22.2. The lowest BCUT2D eigenvalue weighted by molar-refractivity contribution is -0.161. The van der Waals surface area contributed by atoms with Crippen LogP contribution in [-0.4, -0.2) is 49.3 Å². The molecule has 0 saturated carbocycles. The summed E-state index contributed by atoms with van der Waals surface area (Å²) in [5.41, 5.74) is 5.35. The normalized spacial score (nSPS) is 14.2. The van der Waals surface area contributed by atoms with Crippen LogP contribution in [-0.2, 0) is 32.7 Å². The molecule has 0 aliphatic rings. The molecule has 0 radical (unpaired) electrons. The van der Waals surface area contributed by atoms with Gasteiger partial charge in [0.05, 0.1) is 13.2 Å². The minimum atomic E-state index is -4.40. The second kappa shape index (κ2) is 43.5. The van der Waals surface area contributed by atoms with Gasteiger partial charge >= 0.3 is 19.8 Å².